The van der Waals surface area contributed by atoms with Gasteiger partial charge in [0.2, 0.25) is 0 Å². The molecule has 0 fully saturated rings. The van der Waals surface area contributed by atoms with Crippen LogP contribution in [0.4, 0.5) is 0 Å². The SMILES string of the molecule is COc1ccc(C(O)C(N)Cc2cccc(OC)c2OC)cc1OC. The second-order valence-electron chi connectivity index (χ2n) is 5.58. The molecule has 2 rings (SSSR count). The van der Waals surface area contributed by atoms with Gasteiger partial charge in [-0.05, 0) is 35.7 Å². The number of nitrogens with two attached hydrogens (primary N) is 1. The van der Waals surface area contributed by atoms with E-state index >= 15 is 0 Å². The highest BCUT2D eigenvalue weighted by atomic mass is 16.5. The average Bonchev–Trinajstić information content (AvgIpc) is 2.66. The van der Waals surface area contributed by atoms with Gasteiger partial charge >= 0.3 is 0 Å². The van der Waals surface area contributed by atoms with E-state index in [1.165, 1.54) is 0 Å². The summed E-state index contributed by atoms with van der Waals surface area (Å²) in [5.74, 6) is 2.40. The molecule has 6 heteroatoms. The van der Waals surface area contributed by atoms with Crippen LogP contribution in [-0.2, 0) is 6.42 Å². The molecule has 0 spiro atoms. The smallest absolute Gasteiger partial charge is 0.163 e. The van der Waals surface area contributed by atoms with Crippen LogP contribution in [0.2, 0.25) is 0 Å². The van der Waals surface area contributed by atoms with E-state index in [-0.39, 0.29) is 0 Å². The molecular formula is C19H25NO5. The molecule has 0 saturated carbocycles. The summed E-state index contributed by atoms with van der Waals surface area (Å²) < 4.78 is 21.2. The standard InChI is InChI=1S/C19H25NO5/c1-22-15-9-8-12(11-17(15)24-3)18(21)14(20)10-13-6-5-7-16(23-2)19(13)25-4/h5-9,11,14,18,21H,10,20H2,1-4H3. The van der Waals surface area contributed by atoms with Gasteiger partial charge in [0, 0.05) is 6.04 Å². The Labute approximate surface area is 148 Å². The Kier molecular flexibility index (Phi) is 6.50. The van der Waals surface area contributed by atoms with E-state index < -0.39 is 12.1 Å². The molecule has 0 aliphatic rings. The van der Waals surface area contributed by atoms with Crippen LogP contribution in [0.25, 0.3) is 0 Å². The first-order valence-corrected chi connectivity index (χ1v) is 7.91. The van der Waals surface area contributed by atoms with E-state index in [0.717, 1.165) is 5.56 Å². The molecule has 0 radical (unpaired) electrons. The van der Waals surface area contributed by atoms with E-state index in [4.69, 9.17) is 24.7 Å². The minimum Gasteiger partial charge on any atom is -0.493 e. The minimum atomic E-state index is -0.865. The zero-order chi connectivity index (χ0) is 18.4. The van der Waals surface area contributed by atoms with Gasteiger partial charge in [0.1, 0.15) is 0 Å². The summed E-state index contributed by atoms with van der Waals surface area (Å²) in [5, 5.41) is 10.6. The highest BCUT2D eigenvalue weighted by Gasteiger charge is 2.21. The number of hydrogen-bond acceptors (Lipinski definition) is 6. The van der Waals surface area contributed by atoms with Gasteiger partial charge in [0.05, 0.1) is 34.5 Å². The van der Waals surface area contributed by atoms with E-state index in [2.05, 4.69) is 0 Å². The third-order valence-corrected chi connectivity index (χ3v) is 4.09. The Morgan fingerprint density at radius 1 is 0.880 bits per heavy atom. The average molecular weight is 347 g/mol. The maximum atomic E-state index is 10.6. The van der Waals surface area contributed by atoms with Crippen LogP contribution >= 0.6 is 0 Å². The molecule has 0 aliphatic heterocycles. The summed E-state index contributed by atoms with van der Waals surface area (Å²) in [6.45, 7) is 0. The molecule has 0 heterocycles. The fourth-order valence-electron chi connectivity index (χ4n) is 2.76. The molecule has 2 aromatic rings. The third-order valence-electron chi connectivity index (χ3n) is 4.09. The number of para-hydroxylation sites is 1. The highest BCUT2D eigenvalue weighted by molar-refractivity contribution is 5.47. The van der Waals surface area contributed by atoms with Crippen LogP contribution in [0.15, 0.2) is 36.4 Å². The quantitative estimate of drug-likeness (QED) is 0.762. The van der Waals surface area contributed by atoms with Crippen molar-refractivity contribution in [3.8, 4) is 23.0 Å². The molecule has 0 saturated heterocycles. The van der Waals surface area contributed by atoms with Crippen molar-refractivity contribution in [2.75, 3.05) is 28.4 Å². The van der Waals surface area contributed by atoms with E-state index in [1.54, 1.807) is 46.6 Å². The number of benzene rings is 2. The van der Waals surface area contributed by atoms with Gasteiger partial charge in [-0.1, -0.05) is 18.2 Å². The fourth-order valence-corrected chi connectivity index (χ4v) is 2.76. The van der Waals surface area contributed by atoms with Crippen molar-refractivity contribution >= 4 is 0 Å². The first-order chi connectivity index (χ1) is 12.0. The zero-order valence-corrected chi connectivity index (χ0v) is 15.0. The Balaban J connectivity index is 2.22. The van der Waals surface area contributed by atoms with Crippen molar-refractivity contribution < 1.29 is 24.1 Å². The zero-order valence-electron chi connectivity index (χ0n) is 15.0. The molecule has 25 heavy (non-hydrogen) atoms. The lowest BCUT2D eigenvalue weighted by Gasteiger charge is -2.22. The normalized spacial score (nSPS) is 13.0. The Bertz CT molecular complexity index is 704. The summed E-state index contributed by atoms with van der Waals surface area (Å²) in [6.07, 6.45) is -0.439. The molecule has 0 amide bonds. The van der Waals surface area contributed by atoms with Crippen LogP contribution in [0.5, 0.6) is 23.0 Å². The summed E-state index contributed by atoms with van der Waals surface area (Å²) >= 11 is 0. The molecular weight excluding hydrogens is 322 g/mol. The van der Waals surface area contributed by atoms with Crippen LogP contribution in [0.3, 0.4) is 0 Å². The Morgan fingerprint density at radius 3 is 2.16 bits per heavy atom. The van der Waals surface area contributed by atoms with Gasteiger partial charge in [-0.15, -0.1) is 0 Å². The molecule has 2 atom stereocenters. The Morgan fingerprint density at radius 2 is 1.56 bits per heavy atom. The summed E-state index contributed by atoms with van der Waals surface area (Å²) in [7, 11) is 6.28. The number of aliphatic hydroxyl groups is 1. The monoisotopic (exact) mass is 347 g/mol. The molecule has 0 bridgehead atoms. The van der Waals surface area contributed by atoms with Gasteiger partial charge < -0.3 is 29.8 Å². The van der Waals surface area contributed by atoms with Crippen molar-refractivity contribution in [1.29, 1.82) is 0 Å². The van der Waals surface area contributed by atoms with E-state index in [0.29, 0.717) is 35.0 Å². The molecule has 0 aliphatic carbocycles. The molecule has 136 valence electrons. The van der Waals surface area contributed by atoms with Crippen molar-refractivity contribution in [2.45, 2.75) is 18.6 Å². The largest absolute Gasteiger partial charge is 0.493 e. The minimum absolute atomic E-state index is 0.426. The van der Waals surface area contributed by atoms with Gasteiger partial charge in [-0.3, -0.25) is 0 Å². The summed E-state index contributed by atoms with van der Waals surface area (Å²) in [6, 6.07) is 10.3. The topological polar surface area (TPSA) is 83.2 Å². The fraction of sp³-hybridized carbons (Fsp3) is 0.368. The molecule has 2 aromatic carbocycles. The first-order valence-electron chi connectivity index (χ1n) is 7.91. The van der Waals surface area contributed by atoms with E-state index in [1.807, 2.05) is 18.2 Å². The maximum Gasteiger partial charge on any atom is 0.163 e. The van der Waals surface area contributed by atoms with Crippen molar-refractivity contribution in [1.82, 2.24) is 0 Å². The Hall–Kier alpha value is -2.44. The van der Waals surface area contributed by atoms with E-state index in [9.17, 15) is 5.11 Å². The van der Waals surface area contributed by atoms with Crippen LogP contribution in [-0.4, -0.2) is 39.6 Å². The lowest BCUT2D eigenvalue weighted by atomic mass is 9.96. The number of rotatable bonds is 8. The maximum absolute atomic E-state index is 10.6. The van der Waals surface area contributed by atoms with Crippen molar-refractivity contribution in [2.24, 2.45) is 5.73 Å². The lowest BCUT2D eigenvalue weighted by molar-refractivity contribution is 0.145. The van der Waals surface area contributed by atoms with Gasteiger partial charge in [-0.2, -0.15) is 0 Å². The van der Waals surface area contributed by atoms with Crippen LogP contribution < -0.4 is 24.7 Å². The molecule has 2 unspecified atom stereocenters. The van der Waals surface area contributed by atoms with Gasteiger partial charge in [-0.25, -0.2) is 0 Å². The molecule has 3 N–H and O–H groups in total. The predicted octanol–water partition coefficient (Wildman–Crippen LogP) is 2.32. The number of methoxy groups -OCH3 is 4. The third kappa shape index (κ3) is 4.15. The highest BCUT2D eigenvalue weighted by Crippen LogP contribution is 2.34. The molecule has 6 nitrogen and oxygen atoms in total. The first kappa shape index (κ1) is 18.9. The summed E-state index contributed by atoms with van der Waals surface area (Å²) in [4.78, 5) is 0. The van der Waals surface area contributed by atoms with Gasteiger partial charge in [0.25, 0.3) is 0 Å². The summed E-state index contributed by atoms with van der Waals surface area (Å²) in [5.41, 5.74) is 7.77. The second-order valence-corrected chi connectivity index (χ2v) is 5.58. The molecule has 0 aromatic heterocycles. The predicted molar refractivity (Wildman–Crippen MR) is 95.7 cm³/mol. The van der Waals surface area contributed by atoms with Crippen molar-refractivity contribution in [3.63, 3.8) is 0 Å². The van der Waals surface area contributed by atoms with Crippen molar-refractivity contribution in [3.05, 3.63) is 47.5 Å². The number of aliphatic hydroxyl groups excluding tert-OH is 1. The second kappa shape index (κ2) is 8.60. The van der Waals surface area contributed by atoms with Gasteiger partial charge in [0.15, 0.2) is 23.0 Å². The lowest BCUT2D eigenvalue weighted by Crippen LogP contribution is -2.30. The number of hydrogen-bond donors (Lipinski definition) is 2. The number of ether oxygens (including phenoxy) is 4. The van der Waals surface area contributed by atoms with Crippen LogP contribution in [0.1, 0.15) is 17.2 Å². The van der Waals surface area contributed by atoms with Crippen LogP contribution in [0, 0.1) is 0 Å².